The maximum atomic E-state index is 12.7. The molecule has 0 bridgehead atoms. The van der Waals surface area contributed by atoms with Gasteiger partial charge in [0.15, 0.2) is 0 Å². The summed E-state index contributed by atoms with van der Waals surface area (Å²) in [6.07, 6.45) is 3.89. The molecule has 1 saturated heterocycles. The summed E-state index contributed by atoms with van der Waals surface area (Å²) >= 11 is 0. The number of carbonyl (C=O) groups is 1. The zero-order valence-electron chi connectivity index (χ0n) is 17.1. The Labute approximate surface area is 168 Å². The molecule has 3 rings (SSSR count). The standard InChI is InChI=1S/C24H32N2O2/c1-19-6-3-4-8-22(19)18-28-23-9-5-7-21(16-23)17-24(27)26-14-11-20(12-15-26)10-13-25-2/h3-9,16,20,25H,10-15,17-18H2,1-2H3. The Kier molecular flexibility index (Phi) is 7.49. The third-order valence-electron chi connectivity index (χ3n) is 5.68. The van der Waals surface area contributed by atoms with Crippen LogP contribution in [0.1, 0.15) is 36.0 Å². The van der Waals surface area contributed by atoms with Gasteiger partial charge >= 0.3 is 0 Å². The molecule has 0 saturated carbocycles. The molecule has 1 fully saturated rings. The van der Waals surface area contributed by atoms with Crippen LogP contribution in [0.25, 0.3) is 0 Å². The summed E-state index contributed by atoms with van der Waals surface area (Å²) in [6, 6.07) is 16.2. The number of amides is 1. The Morgan fingerprint density at radius 3 is 2.68 bits per heavy atom. The van der Waals surface area contributed by atoms with Crippen LogP contribution < -0.4 is 10.1 Å². The number of piperidine rings is 1. The number of aryl methyl sites for hydroxylation is 1. The van der Waals surface area contributed by atoms with E-state index in [0.29, 0.717) is 13.0 Å². The first kappa shape index (κ1) is 20.4. The second-order valence-electron chi connectivity index (χ2n) is 7.76. The number of nitrogens with zero attached hydrogens (tertiary/aromatic N) is 1. The van der Waals surface area contributed by atoms with E-state index >= 15 is 0 Å². The van der Waals surface area contributed by atoms with Gasteiger partial charge in [-0.05, 0) is 74.5 Å². The van der Waals surface area contributed by atoms with Crippen molar-refractivity contribution in [1.29, 1.82) is 0 Å². The average molecular weight is 381 g/mol. The van der Waals surface area contributed by atoms with Crippen molar-refractivity contribution in [2.75, 3.05) is 26.7 Å². The zero-order chi connectivity index (χ0) is 19.8. The van der Waals surface area contributed by atoms with Crippen LogP contribution in [0.5, 0.6) is 5.75 Å². The van der Waals surface area contributed by atoms with Gasteiger partial charge in [-0.1, -0.05) is 36.4 Å². The lowest BCUT2D eigenvalue weighted by molar-refractivity contribution is -0.131. The third-order valence-corrected chi connectivity index (χ3v) is 5.68. The molecule has 1 heterocycles. The molecule has 1 amide bonds. The van der Waals surface area contributed by atoms with Crippen LogP contribution in [-0.2, 0) is 17.8 Å². The van der Waals surface area contributed by atoms with Gasteiger partial charge in [-0.15, -0.1) is 0 Å². The molecule has 28 heavy (non-hydrogen) atoms. The van der Waals surface area contributed by atoms with E-state index in [2.05, 4.69) is 24.4 Å². The number of carbonyl (C=O) groups excluding carboxylic acids is 1. The van der Waals surface area contributed by atoms with Gasteiger partial charge in [-0.2, -0.15) is 0 Å². The van der Waals surface area contributed by atoms with Crippen molar-refractivity contribution < 1.29 is 9.53 Å². The van der Waals surface area contributed by atoms with Gasteiger partial charge in [-0.3, -0.25) is 4.79 Å². The minimum atomic E-state index is 0.225. The SMILES string of the molecule is CNCCC1CCN(C(=O)Cc2cccc(OCc3ccccc3C)c2)CC1. The van der Waals surface area contributed by atoms with Crippen molar-refractivity contribution in [3.63, 3.8) is 0 Å². The first-order valence-corrected chi connectivity index (χ1v) is 10.3. The van der Waals surface area contributed by atoms with Gasteiger partial charge in [0.05, 0.1) is 6.42 Å². The van der Waals surface area contributed by atoms with Gasteiger partial charge in [0, 0.05) is 13.1 Å². The summed E-state index contributed by atoms with van der Waals surface area (Å²) in [4.78, 5) is 14.7. The highest BCUT2D eigenvalue weighted by Crippen LogP contribution is 2.22. The molecule has 1 aliphatic heterocycles. The van der Waals surface area contributed by atoms with Gasteiger partial charge in [0.1, 0.15) is 12.4 Å². The molecule has 150 valence electrons. The van der Waals surface area contributed by atoms with Crippen molar-refractivity contribution in [3.8, 4) is 5.75 Å². The molecular weight excluding hydrogens is 348 g/mol. The number of ether oxygens (including phenoxy) is 1. The Hall–Kier alpha value is -2.33. The molecular formula is C24H32N2O2. The predicted molar refractivity (Wildman–Crippen MR) is 114 cm³/mol. The van der Waals surface area contributed by atoms with E-state index in [1.165, 1.54) is 17.5 Å². The monoisotopic (exact) mass is 380 g/mol. The first-order chi connectivity index (χ1) is 13.7. The number of hydrogen-bond donors (Lipinski definition) is 1. The summed E-state index contributed by atoms with van der Waals surface area (Å²) in [5, 5.41) is 3.22. The van der Waals surface area contributed by atoms with Crippen LogP contribution in [0.4, 0.5) is 0 Å². The number of nitrogens with one attached hydrogen (secondary N) is 1. The summed E-state index contributed by atoms with van der Waals surface area (Å²) in [7, 11) is 2.00. The van der Waals surface area contributed by atoms with Crippen LogP contribution >= 0.6 is 0 Å². The molecule has 0 aliphatic carbocycles. The van der Waals surface area contributed by atoms with Crippen LogP contribution in [-0.4, -0.2) is 37.5 Å². The lowest BCUT2D eigenvalue weighted by Crippen LogP contribution is -2.39. The number of rotatable bonds is 8. The lowest BCUT2D eigenvalue weighted by atomic mass is 9.93. The van der Waals surface area contributed by atoms with Crippen molar-refractivity contribution in [3.05, 3.63) is 65.2 Å². The van der Waals surface area contributed by atoms with Crippen LogP contribution in [0.3, 0.4) is 0 Å². The molecule has 2 aromatic carbocycles. The van der Waals surface area contributed by atoms with E-state index in [0.717, 1.165) is 49.7 Å². The number of likely N-dealkylation sites (tertiary alicyclic amines) is 1. The maximum Gasteiger partial charge on any atom is 0.226 e. The topological polar surface area (TPSA) is 41.6 Å². The van der Waals surface area contributed by atoms with Gasteiger partial charge in [0.2, 0.25) is 5.91 Å². The van der Waals surface area contributed by atoms with Gasteiger partial charge in [-0.25, -0.2) is 0 Å². The fourth-order valence-electron chi connectivity index (χ4n) is 3.78. The largest absolute Gasteiger partial charge is 0.489 e. The normalized spacial score (nSPS) is 14.9. The first-order valence-electron chi connectivity index (χ1n) is 10.3. The summed E-state index contributed by atoms with van der Waals surface area (Å²) in [5.41, 5.74) is 3.43. The molecule has 2 aromatic rings. The molecule has 0 radical (unpaired) electrons. The predicted octanol–water partition coefficient (Wildman–Crippen LogP) is 3.96. The van der Waals surface area contributed by atoms with E-state index in [9.17, 15) is 4.79 Å². The Morgan fingerprint density at radius 1 is 1.14 bits per heavy atom. The highest BCUT2D eigenvalue weighted by atomic mass is 16.5. The van der Waals surface area contributed by atoms with Crippen molar-refractivity contribution in [2.24, 2.45) is 5.92 Å². The second-order valence-corrected chi connectivity index (χ2v) is 7.76. The number of hydrogen-bond acceptors (Lipinski definition) is 3. The van der Waals surface area contributed by atoms with E-state index in [1.807, 2.05) is 48.3 Å². The van der Waals surface area contributed by atoms with Gasteiger partial charge in [0.25, 0.3) is 0 Å². The van der Waals surface area contributed by atoms with E-state index < -0.39 is 0 Å². The molecule has 0 aromatic heterocycles. The fourth-order valence-corrected chi connectivity index (χ4v) is 3.78. The second kappa shape index (κ2) is 10.3. The zero-order valence-corrected chi connectivity index (χ0v) is 17.1. The van der Waals surface area contributed by atoms with Crippen LogP contribution in [0, 0.1) is 12.8 Å². The fraction of sp³-hybridized carbons (Fsp3) is 0.458. The molecule has 1 N–H and O–H groups in total. The van der Waals surface area contributed by atoms with Crippen LogP contribution in [0.15, 0.2) is 48.5 Å². The maximum absolute atomic E-state index is 12.7. The Bertz CT molecular complexity index is 767. The molecule has 0 unspecified atom stereocenters. The Morgan fingerprint density at radius 2 is 1.93 bits per heavy atom. The minimum Gasteiger partial charge on any atom is -0.489 e. The lowest BCUT2D eigenvalue weighted by Gasteiger charge is -2.32. The van der Waals surface area contributed by atoms with Crippen molar-refractivity contribution in [2.45, 2.75) is 39.2 Å². The average Bonchev–Trinajstić information content (AvgIpc) is 2.72. The molecule has 4 heteroatoms. The molecule has 4 nitrogen and oxygen atoms in total. The summed E-state index contributed by atoms with van der Waals surface area (Å²) in [6.45, 7) is 5.47. The van der Waals surface area contributed by atoms with Crippen LogP contribution in [0.2, 0.25) is 0 Å². The quantitative estimate of drug-likeness (QED) is 0.754. The van der Waals surface area contributed by atoms with E-state index in [-0.39, 0.29) is 5.91 Å². The minimum absolute atomic E-state index is 0.225. The molecule has 1 aliphatic rings. The molecule has 0 atom stereocenters. The summed E-state index contributed by atoms with van der Waals surface area (Å²) in [5.74, 6) is 1.79. The number of benzene rings is 2. The van der Waals surface area contributed by atoms with Crippen molar-refractivity contribution in [1.82, 2.24) is 10.2 Å². The molecule has 0 spiro atoms. The highest BCUT2D eigenvalue weighted by molar-refractivity contribution is 5.79. The smallest absolute Gasteiger partial charge is 0.226 e. The Balaban J connectivity index is 1.50. The third kappa shape index (κ3) is 5.83. The van der Waals surface area contributed by atoms with Gasteiger partial charge < -0.3 is 15.0 Å². The van der Waals surface area contributed by atoms with E-state index in [1.54, 1.807) is 0 Å². The highest BCUT2D eigenvalue weighted by Gasteiger charge is 2.22. The summed E-state index contributed by atoms with van der Waals surface area (Å²) < 4.78 is 5.96. The van der Waals surface area contributed by atoms with E-state index in [4.69, 9.17) is 4.74 Å². The van der Waals surface area contributed by atoms with Crippen molar-refractivity contribution >= 4 is 5.91 Å².